The number of nitriles is 1. The van der Waals surface area contributed by atoms with Crippen molar-refractivity contribution in [3.05, 3.63) is 16.0 Å². The normalized spacial score (nSPS) is 18.4. The number of hydrogen-bond acceptors (Lipinski definition) is 5. The van der Waals surface area contributed by atoms with Crippen LogP contribution in [0, 0.1) is 17.2 Å². The zero-order chi connectivity index (χ0) is 17.8. The highest BCUT2D eigenvalue weighted by Gasteiger charge is 2.29. The number of carbonyl (C=O) groups is 2. The van der Waals surface area contributed by atoms with Gasteiger partial charge in [-0.05, 0) is 57.2 Å². The molecule has 6 nitrogen and oxygen atoms in total. The number of rotatable bonds is 5. The molecule has 25 heavy (non-hydrogen) atoms. The van der Waals surface area contributed by atoms with E-state index in [-0.39, 0.29) is 11.8 Å². The van der Waals surface area contributed by atoms with Crippen molar-refractivity contribution >= 4 is 28.2 Å². The third-order valence-corrected chi connectivity index (χ3v) is 6.36. The number of aryl methyl sites for hydroxylation is 1. The molecule has 0 radical (unpaired) electrons. The molecule has 1 aliphatic heterocycles. The molecule has 2 heterocycles. The Morgan fingerprint density at radius 2 is 2.00 bits per heavy atom. The molecule has 0 saturated carbocycles. The van der Waals surface area contributed by atoms with E-state index in [1.165, 1.54) is 16.2 Å². The van der Waals surface area contributed by atoms with Crippen molar-refractivity contribution < 1.29 is 9.59 Å². The summed E-state index contributed by atoms with van der Waals surface area (Å²) in [7, 11) is 0. The van der Waals surface area contributed by atoms with Crippen LogP contribution in [0.15, 0.2) is 0 Å². The van der Waals surface area contributed by atoms with E-state index in [0.29, 0.717) is 17.0 Å². The van der Waals surface area contributed by atoms with Crippen molar-refractivity contribution in [3.8, 4) is 6.07 Å². The maximum atomic E-state index is 12.6. The molecule has 2 aliphatic rings. The maximum absolute atomic E-state index is 12.6. The number of carbonyl (C=O) groups excluding carboxylic acids is 2. The van der Waals surface area contributed by atoms with E-state index >= 15 is 0 Å². The zero-order valence-electron chi connectivity index (χ0n) is 14.3. The molecule has 0 unspecified atom stereocenters. The average molecular weight is 360 g/mol. The summed E-state index contributed by atoms with van der Waals surface area (Å²) in [5.74, 6) is -0.500. The molecule has 0 spiro atoms. The number of likely N-dealkylation sites (tertiary alicyclic amines) is 1. The highest BCUT2D eigenvalue weighted by Crippen LogP contribution is 2.38. The number of hydrogen-bond donors (Lipinski definition) is 2. The second-order valence-corrected chi connectivity index (χ2v) is 7.90. The first kappa shape index (κ1) is 17.9. The lowest BCUT2D eigenvalue weighted by molar-refractivity contribution is -0.121. The quantitative estimate of drug-likeness (QED) is 0.841. The van der Waals surface area contributed by atoms with Gasteiger partial charge in [-0.3, -0.25) is 9.59 Å². The highest BCUT2D eigenvalue weighted by atomic mass is 32.1. The molecule has 0 bridgehead atoms. The van der Waals surface area contributed by atoms with Crippen molar-refractivity contribution in [2.45, 2.75) is 44.9 Å². The maximum Gasteiger partial charge on any atom is 0.251 e. The summed E-state index contributed by atoms with van der Waals surface area (Å²) in [6.07, 6.45) is 6.13. The van der Waals surface area contributed by atoms with Crippen LogP contribution in [0.4, 0.5) is 5.00 Å². The Bertz CT molecular complexity index is 699. The summed E-state index contributed by atoms with van der Waals surface area (Å²) in [6.45, 7) is 2.45. The van der Waals surface area contributed by atoms with Gasteiger partial charge >= 0.3 is 0 Å². The van der Waals surface area contributed by atoms with Crippen molar-refractivity contribution in [3.63, 3.8) is 0 Å². The van der Waals surface area contributed by atoms with Gasteiger partial charge < -0.3 is 16.0 Å². The third-order valence-electron chi connectivity index (χ3n) is 5.15. The number of fused-ring (bicyclic) bond motifs is 1. The highest BCUT2D eigenvalue weighted by molar-refractivity contribution is 7.17. The Morgan fingerprint density at radius 1 is 1.28 bits per heavy atom. The topological polar surface area (TPSA) is 99.2 Å². The number of nitrogens with two attached hydrogens (primary N) is 1. The van der Waals surface area contributed by atoms with E-state index < -0.39 is 5.91 Å². The Morgan fingerprint density at radius 3 is 2.68 bits per heavy atom. The van der Waals surface area contributed by atoms with Crippen LogP contribution < -0.4 is 11.1 Å². The number of thiophene rings is 1. The van der Waals surface area contributed by atoms with E-state index in [2.05, 4.69) is 16.3 Å². The van der Waals surface area contributed by atoms with Crippen molar-refractivity contribution in [1.29, 1.82) is 5.26 Å². The molecule has 0 atom stereocenters. The van der Waals surface area contributed by atoms with Crippen LogP contribution in [0.5, 0.6) is 0 Å². The first-order valence-electron chi connectivity index (χ1n) is 8.94. The second-order valence-electron chi connectivity index (χ2n) is 6.79. The van der Waals surface area contributed by atoms with E-state index in [9.17, 15) is 9.59 Å². The molecule has 3 rings (SSSR count). The van der Waals surface area contributed by atoms with Crippen LogP contribution in [0.2, 0.25) is 0 Å². The molecule has 1 aromatic heterocycles. The predicted molar refractivity (Wildman–Crippen MR) is 97.5 cm³/mol. The van der Waals surface area contributed by atoms with Gasteiger partial charge in [-0.25, -0.2) is 0 Å². The fourth-order valence-electron chi connectivity index (χ4n) is 3.76. The van der Waals surface area contributed by atoms with Crippen LogP contribution in [-0.4, -0.2) is 36.3 Å². The number of primary amides is 1. The van der Waals surface area contributed by atoms with Crippen LogP contribution in [-0.2, 0) is 17.6 Å². The minimum absolute atomic E-state index is 0.0129. The molecule has 0 aromatic carbocycles. The molecular formula is C18H24N4O2S. The van der Waals surface area contributed by atoms with E-state index in [0.717, 1.165) is 63.7 Å². The standard InChI is InChI=1S/C18H24N4O2S/c19-8-3-9-22-10-6-12(7-11-22)17(24)21-18-15(16(20)23)13-4-1-2-5-14(13)25-18/h12H,1-7,9-11H2,(H2,20,23)(H,21,24). The third kappa shape index (κ3) is 4.02. The monoisotopic (exact) mass is 360 g/mol. The molecular weight excluding hydrogens is 336 g/mol. The van der Waals surface area contributed by atoms with Crippen molar-refractivity contribution in [1.82, 2.24) is 4.90 Å². The number of anilines is 1. The molecule has 134 valence electrons. The molecule has 2 amide bonds. The van der Waals surface area contributed by atoms with E-state index in [4.69, 9.17) is 11.0 Å². The zero-order valence-corrected chi connectivity index (χ0v) is 15.2. The Labute approximate surface area is 152 Å². The Balaban J connectivity index is 1.65. The lowest BCUT2D eigenvalue weighted by atomic mass is 9.94. The largest absolute Gasteiger partial charge is 0.365 e. The first-order valence-corrected chi connectivity index (χ1v) is 9.76. The summed E-state index contributed by atoms with van der Waals surface area (Å²) in [5, 5.41) is 12.3. The average Bonchev–Trinajstić information content (AvgIpc) is 2.98. The molecule has 3 N–H and O–H groups in total. The van der Waals surface area contributed by atoms with Crippen LogP contribution in [0.3, 0.4) is 0 Å². The van der Waals surface area contributed by atoms with E-state index in [1.54, 1.807) is 0 Å². The van der Waals surface area contributed by atoms with Gasteiger partial charge in [-0.2, -0.15) is 5.26 Å². The summed E-state index contributed by atoms with van der Waals surface area (Å²) in [5.41, 5.74) is 7.16. The van der Waals surface area contributed by atoms with Gasteiger partial charge in [0.2, 0.25) is 5.91 Å². The number of amides is 2. The molecule has 1 aliphatic carbocycles. The summed E-state index contributed by atoms with van der Waals surface area (Å²) in [6, 6.07) is 2.16. The Hall–Kier alpha value is -1.91. The minimum atomic E-state index is -0.443. The number of nitrogens with one attached hydrogen (secondary N) is 1. The van der Waals surface area contributed by atoms with Gasteiger partial charge in [0.25, 0.3) is 5.91 Å². The fourth-order valence-corrected chi connectivity index (χ4v) is 5.05. The first-order chi connectivity index (χ1) is 12.1. The Kier molecular flexibility index (Phi) is 5.71. The lowest BCUT2D eigenvalue weighted by Gasteiger charge is -2.30. The molecule has 1 aromatic rings. The van der Waals surface area contributed by atoms with Gasteiger partial charge in [-0.15, -0.1) is 11.3 Å². The molecule has 7 heteroatoms. The van der Waals surface area contributed by atoms with Gasteiger partial charge in [0, 0.05) is 23.8 Å². The van der Waals surface area contributed by atoms with Gasteiger partial charge in [0.15, 0.2) is 0 Å². The van der Waals surface area contributed by atoms with Gasteiger partial charge in [-0.1, -0.05) is 0 Å². The van der Waals surface area contributed by atoms with Crippen molar-refractivity contribution in [2.75, 3.05) is 25.0 Å². The van der Waals surface area contributed by atoms with Crippen LogP contribution in [0.1, 0.15) is 52.9 Å². The minimum Gasteiger partial charge on any atom is -0.365 e. The summed E-state index contributed by atoms with van der Waals surface area (Å²) < 4.78 is 0. The summed E-state index contributed by atoms with van der Waals surface area (Å²) >= 11 is 1.52. The predicted octanol–water partition coefficient (Wildman–Crippen LogP) is 2.29. The lowest BCUT2D eigenvalue weighted by Crippen LogP contribution is -2.38. The fraction of sp³-hybridized carbons (Fsp3) is 0.611. The SMILES string of the molecule is N#CCCN1CCC(C(=O)Nc2sc3c(c2C(N)=O)CCCC3)CC1. The van der Waals surface area contributed by atoms with Crippen LogP contribution >= 0.6 is 11.3 Å². The van der Waals surface area contributed by atoms with Gasteiger partial charge in [0.05, 0.1) is 11.6 Å². The molecule has 1 saturated heterocycles. The summed E-state index contributed by atoms with van der Waals surface area (Å²) in [4.78, 5) is 28.0. The number of piperidine rings is 1. The molecule has 1 fully saturated rings. The van der Waals surface area contributed by atoms with Crippen molar-refractivity contribution in [2.24, 2.45) is 11.7 Å². The number of nitrogens with zero attached hydrogens (tertiary/aromatic N) is 2. The van der Waals surface area contributed by atoms with Crippen LogP contribution in [0.25, 0.3) is 0 Å². The second kappa shape index (κ2) is 7.98. The smallest absolute Gasteiger partial charge is 0.251 e. The van der Waals surface area contributed by atoms with E-state index in [1.807, 2.05) is 0 Å². The van der Waals surface area contributed by atoms with Gasteiger partial charge in [0.1, 0.15) is 5.00 Å².